The number of hydrogen-bond donors (Lipinski definition) is 1. The first kappa shape index (κ1) is 14.2. The second-order valence-corrected chi connectivity index (χ2v) is 3.53. The maximum Gasteiger partial charge on any atom is 0.323 e. The lowest BCUT2D eigenvalue weighted by atomic mass is 10.1. The van der Waals surface area contributed by atoms with Gasteiger partial charge in [0, 0.05) is 0 Å². The van der Waals surface area contributed by atoms with Crippen LogP contribution in [0.2, 0.25) is 0 Å². The molecule has 0 rings (SSSR count). The topological polar surface area (TPSA) is 38.3 Å². The lowest BCUT2D eigenvalue weighted by Gasteiger charge is -2.16. The van der Waals surface area contributed by atoms with Crippen LogP contribution in [0.4, 0.5) is 0 Å². The Morgan fingerprint density at radius 1 is 1.40 bits per heavy atom. The molecule has 0 aliphatic heterocycles. The van der Waals surface area contributed by atoms with Gasteiger partial charge in [-0.1, -0.05) is 25.5 Å². The summed E-state index contributed by atoms with van der Waals surface area (Å²) in [5.74, 6) is -0.150. The standard InChI is InChI=1S/C12H23NO2/c1-5-8-10(4)9-11(13-6-2)12(14)15-7-3/h8,11,13H,5-7,9H2,1-4H3. The number of carbonyl (C=O) groups is 1. The number of nitrogens with one attached hydrogen (secondary N) is 1. The lowest BCUT2D eigenvalue weighted by molar-refractivity contribution is -0.145. The average molecular weight is 213 g/mol. The molecule has 0 aromatic rings. The summed E-state index contributed by atoms with van der Waals surface area (Å²) < 4.78 is 5.01. The number of rotatable bonds is 7. The first-order chi connectivity index (χ1) is 7.15. The average Bonchev–Trinajstić information content (AvgIpc) is 2.18. The molecule has 3 heteroatoms. The van der Waals surface area contributed by atoms with Gasteiger partial charge in [0.15, 0.2) is 0 Å². The Kier molecular flexibility index (Phi) is 8.01. The number of carbonyl (C=O) groups excluding carboxylic acids is 1. The van der Waals surface area contributed by atoms with Crippen molar-refractivity contribution in [3.05, 3.63) is 11.6 Å². The van der Waals surface area contributed by atoms with Crippen LogP contribution in [0.5, 0.6) is 0 Å². The van der Waals surface area contributed by atoms with Gasteiger partial charge in [-0.3, -0.25) is 4.79 Å². The summed E-state index contributed by atoms with van der Waals surface area (Å²) in [6, 6.07) is -0.197. The van der Waals surface area contributed by atoms with Crippen molar-refractivity contribution < 1.29 is 9.53 Å². The van der Waals surface area contributed by atoms with Crippen molar-refractivity contribution in [3.8, 4) is 0 Å². The Bertz CT molecular complexity index is 212. The first-order valence-corrected chi connectivity index (χ1v) is 5.71. The molecular formula is C12H23NO2. The third-order valence-electron chi connectivity index (χ3n) is 2.10. The number of likely N-dealkylation sites (N-methyl/N-ethyl adjacent to an activating group) is 1. The van der Waals surface area contributed by atoms with E-state index < -0.39 is 0 Å². The molecule has 0 spiro atoms. The zero-order chi connectivity index (χ0) is 11.7. The molecule has 15 heavy (non-hydrogen) atoms. The van der Waals surface area contributed by atoms with Crippen molar-refractivity contribution >= 4 is 5.97 Å². The third-order valence-corrected chi connectivity index (χ3v) is 2.10. The van der Waals surface area contributed by atoms with E-state index in [9.17, 15) is 4.79 Å². The van der Waals surface area contributed by atoms with Crippen LogP contribution in [0.1, 0.15) is 40.5 Å². The van der Waals surface area contributed by atoms with Crippen LogP contribution in [0.15, 0.2) is 11.6 Å². The molecule has 88 valence electrons. The molecule has 1 N–H and O–H groups in total. The molecule has 1 unspecified atom stereocenters. The van der Waals surface area contributed by atoms with E-state index >= 15 is 0 Å². The number of ether oxygens (including phenoxy) is 1. The first-order valence-electron chi connectivity index (χ1n) is 5.71. The van der Waals surface area contributed by atoms with E-state index in [0.717, 1.165) is 19.4 Å². The second kappa shape index (κ2) is 8.48. The Labute approximate surface area is 92.9 Å². The minimum atomic E-state index is -0.197. The van der Waals surface area contributed by atoms with E-state index in [2.05, 4.69) is 18.3 Å². The normalized spacial score (nSPS) is 13.7. The Hall–Kier alpha value is -0.830. The minimum Gasteiger partial charge on any atom is -0.465 e. The highest BCUT2D eigenvalue weighted by Crippen LogP contribution is 2.07. The predicted octanol–water partition coefficient (Wildman–Crippen LogP) is 2.27. The molecule has 0 amide bonds. The van der Waals surface area contributed by atoms with Crippen LogP contribution < -0.4 is 5.32 Å². The minimum absolute atomic E-state index is 0.150. The van der Waals surface area contributed by atoms with E-state index in [1.165, 1.54) is 5.57 Å². The maximum atomic E-state index is 11.6. The zero-order valence-electron chi connectivity index (χ0n) is 10.3. The molecule has 0 saturated carbocycles. The van der Waals surface area contributed by atoms with Gasteiger partial charge >= 0.3 is 5.97 Å². The van der Waals surface area contributed by atoms with Gasteiger partial charge in [0.2, 0.25) is 0 Å². The predicted molar refractivity (Wildman–Crippen MR) is 62.8 cm³/mol. The molecule has 1 atom stereocenters. The quantitative estimate of drug-likeness (QED) is 0.521. The monoisotopic (exact) mass is 213 g/mol. The van der Waals surface area contributed by atoms with Crippen molar-refractivity contribution in [2.75, 3.05) is 13.2 Å². The summed E-state index contributed by atoms with van der Waals surface area (Å²) in [5.41, 5.74) is 1.23. The Morgan fingerprint density at radius 2 is 2.07 bits per heavy atom. The van der Waals surface area contributed by atoms with E-state index in [-0.39, 0.29) is 12.0 Å². The van der Waals surface area contributed by atoms with Gasteiger partial charge in [-0.2, -0.15) is 0 Å². The number of hydrogen-bond acceptors (Lipinski definition) is 3. The van der Waals surface area contributed by atoms with E-state index in [4.69, 9.17) is 4.74 Å². The number of esters is 1. The van der Waals surface area contributed by atoms with E-state index in [1.54, 1.807) is 0 Å². The second-order valence-electron chi connectivity index (χ2n) is 3.53. The van der Waals surface area contributed by atoms with Crippen LogP contribution in [-0.4, -0.2) is 25.2 Å². The highest BCUT2D eigenvalue weighted by atomic mass is 16.5. The van der Waals surface area contributed by atoms with Gasteiger partial charge in [-0.15, -0.1) is 0 Å². The summed E-state index contributed by atoms with van der Waals surface area (Å²) in [6.45, 7) is 9.18. The van der Waals surface area contributed by atoms with Gasteiger partial charge in [0.05, 0.1) is 6.61 Å². The SMILES string of the molecule is CCC=C(C)CC(NCC)C(=O)OCC. The fourth-order valence-electron chi connectivity index (χ4n) is 1.48. The van der Waals surface area contributed by atoms with E-state index in [0.29, 0.717) is 6.61 Å². The van der Waals surface area contributed by atoms with Gasteiger partial charge in [0.25, 0.3) is 0 Å². The summed E-state index contributed by atoms with van der Waals surface area (Å²) in [4.78, 5) is 11.6. The molecule has 0 aliphatic rings. The number of allylic oxidation sites excluding steroid dienone is 1. The smallest absolute Gasteiger partial charge is 0.323 e. The van der Waals surface area contributed by atoms with Crippen molar-refractivity contribution in [3.63, 3.8) is 0 Å². The maximum absolute atomic E-state index is 11.6. The third kappa shape index (κ3) is 6.28. The summed E-state index contributed by atoms with van der Waals surface area (Å²) >= 11 is 0. The lowest BCUT2D eigenvalue weighted by Crippen LogP contribution is -2.38. The fraction of sp³-hybridized carbons (Fsp3) is 0.750. The van der Waals surface area contributed by atoms with Crippen LogP contribution in [0, 0.1) is 0 Å². The largest absolute Gasteiger partial charge is 0.465 e. The molecule has 0 aromatic carbocycles. The molecule has 0 bridgehead atoms. The highest BCUT2D eigenvalue weighted by molar-refractivity contribution is 5.76. The van der Waals surface area contributed by atoms with Gasteiger partial charge in [-0.05, 0) is 33.2 Å². The molecule has 3 nitrogen and oxygen atoms in total. The molecule has 0 saturated heterocycles. The van der Waals surface area contributed by atoms with Crippen LogP contribution >= 0.6 is 0 Å². The van der Waals surface area contributed by atoms with Crippen molar-refractivity contribution in [2.45, 2.75) is 46.6 Å². The van der Waals surface area contributed by atoms with Gasteiger partial charge in [-0.25, -0.2) is 0 Å². The fourth-order valence-corrected chi connectivity index (χ4v) is 1.48. The molecule has 0 aliphatic carbocycles. The zero-order valence-corrected chi connectivity index (χ0v) is 10.3. The van der Waals surface area contributed by atoms with Crippen molar-refractivity contribution in [2.24, 2.45) is 0 Å². The molecule has 0 fully saturated rings. The van der Waals surface area contributed by atoms with E-state index in [1.807, 2.05) is 20.8 Å². The Balaban J connectivity index is 4.26. The highest BCUT2D eigenvalue weighted by Gasteiger charge is 2.18. The Morgan fingerprint density at radius 3 is 2.53 bits per heavy atom. The van der Waals surface area contributed by atoms with Crippen LogP contribution in [0.25, 0.3) is 0 Å². The molecule has 0 aromatic heterocycles. The molecular weight excluding hydrogens is 190 g/mol. The summed E-state index contributed by atoms with van der Waals surface area (Å²) in [6.07, 6.45) is 3.89. The van der Waals surface area contributed by atoms with Gasteiger partial charge < -0.3 is 10.1 Å². The van der Waals surface area contributed by atoms with Crippen LogP contribution in [-0.2, 0) is 9.53 Å². The van der Waals surface area contributed by atoms with Crippen LogP contribution in [0.3, 0.4) is 0 Å². The summed E-state index contributed by atoms with van der Waals surface area (Å²) in [7, 11) is 0. The molecule has 0 radical (unpaired) electrons. The van der Waals surface area contributed by atoms with Crippen molar-refractivity contribution in [1.29, 1.82) is 0 Å². The summed E-state index contributed by atoms with van der Waals surface area (Å²) in [5, 5.41) is 3.14. The van der Waals surface area contributed by atoms with Gasteiger partial charge in [0.1, 0.15) is 6.04 Å². The molecule has 0 heterocycles. The van der Waals surface area contributed by atoms with Crippen molar-refractivity contribution in [1.82, 2.24) is 5.32 Å².